The number of sulfonamides is 1. The van der Waals surface area contributed by atoms with Gasteiger partial charge in [0.1, 0.15) is 0 Å². The fourth-order valence-electron chi connectivity index (χ4n) is 3.34. The number of carbonyl (C=O) groups excluding carboxylic acids is 1. The summed E-state index contributed by atoms with van der Waals surface area (Å²) in [5, 5.41) is 8.33. The van der Waals surface area contributed by atoms with Crippen LogP contribution in [-0.4, -0.2) is 29.1 Å². The molecule has 10 heteroatoms. The highest BCUT2D eigenvalue weighted by molar-refractivity contribution is 8.00. The van der Waals surface area contributed by atoms with Gasteiger partial charge in [-0.15, -0.1) is 0 Å². The lowest BCUT2D eigenvalue weighted by Gasteiger charge is -2.16. The summed E-state index contributed by atoms with van der Waals surface area (Å²) in [7, 11) is -3.88. The molecular weight excluding hydrogens is 460 g/mol. The molecule has 1 amide bonds. The fourth-order valence-corrected chi connectivity index (χ4v) is 4.83. The van der Waals surface area contributed by atoms with Crippen molar-refractivity contribution in [3.05, 3.63) is 58.9 Å². The second-order valence-electron chi connectivity index (χ2n) is 7.75. The van der Waals surface area contributed by atoms with E-state index in [4.69, 9.17) is 5.14 Å². The smallest absolute Gasteiger partial charge is 0.262 e. The van der Waals surface area contributed by atoms with Gasteiger partial charge in [0.05, 0.1) is 21.0 Å². The van der Waals surface area contributed by atoms with E-state index >= 15 is 0 Å². The van der Waals surface area contributed by atoms with Gasteiger partial charge < -0.3 is 5.32 Å². The molecule has 0 fully saturated rings. The van der Waals surface area contributed by atoms with E-state index < -0.39 is 15.3 Å². The molecule has 0 aliphatic heterocycles. The molecule has 2 aromatic carbocycles. The standard InChI is InChI=1S/C23H28N4O4S2/c1-3-4-5-8-14-27-22(29)19-12-6-7-13-20(19)26-23(27)32-16(2)21(28)25-17-10-9-11-18(15-17)33(24,30)31/h6-7,9-13,15-16H,3-5,8,14H2,1-2H3,(H,25,28)(H2,24,30,31). The molecule has 1 unspecified atom stereocenters. The lowest BCUT2D eigenvalue weighted by atomic mass is 10.2. The van der Waals surface area contributed by atoms with Crippen LogP contribution < -0.4 is 16.0 Å². The van der Waals surface area contributed by atoms with E-state index in [2.05, 4.69) is 17.2 Å². The number of hydrogen-bond donors (Lipinski definition) is 2. The van der Waals surface area contributed by atoms with Crippen molar-refractivity contribution in [3.63, 3.8) is 0 Å². The first-order valence-corrected chi connectivity index (χ1v) is 13.2. The maximum atomic E-state index is 13.1. The third-order valence-electron chi connectivity index (χ3n) is 5.14. The van der Waals surface area contributed by atoms with E-state index in [0.717, 1.165) is 25.7 Å². The zero-order valence-electron chi connectivity index (χ0n) is 18.7. The molecule has 0 saturated carbocycles. The first kappa shape index (κ1) is 24.9. The number of nitrogens with zero attached hydrogens (tertiary/aromatic N) is 2. The topological polar surface area (TPSA) is 124 Å². The van der Waals surface area contributed by atoms with Gasteiger partial charge in [-0.1, -0.05) is 56.1 Å². The molecular formula is C23H28N4O4S2. The van der Waals surface area contributed by atoms with Gasteiger partial charge >= 0.3 is 0 Å². The van der Waals surface area contributed by atoms with Gasteiger partial charge in [-0.3, -0.25) is 14.2 Å². The zero-order chi connectivity index (χ0) is 24.0. The number of hydrogen-bond acceptors (Lipinski definition) is 6. The third kappa shape index (κ3) is 6.43. The Morgan fingerprint density at radius 1 is 1.15 bits per heavy atom. The SMILES string of the molecule is CCCCCCn1c(SC(C)C(=O)Nc2cccc(S(N)(=O)=O)c2)nc2ccccc2c1=O. The number of fused-ring (bicyclic) bond motifs is 1. The molecule has 3 aromatic rings. The Kier molecular flexibility index (Phi) is 8.28. The summed E-state index contributed by atoms with van der Waals surface area (Å²) < 4.78 is 24.8. The molecule has 0 aliphatic carbocycles. The minimum atomic E-state index is -3.88. The molecule has 3 N–H and O–H groups in total. The van der Waals surface area contributed by atoms with Crippen molar-refractivity contribution in [2.24, 2.45) is 5.14 Å². The van der Waals surface area contributed by atoms with Crippen LogP contribution in [-0.2, 0) is 21.4 Å². The molecule has 3 rings (SSSR count). The van der Waals surface area contributed by atoms with Crippen molar-refractivity contribution in [2.75, 3.05) is 5.32 Å². The quantitative estimate of drug-likeness (QED) is 0.254. The van der Waals surface area contributed by atoms with Crippen molar-refractivity contribution in [1.29, 1.82) is 0 Å². The molecule has 1 aromatic heterocycles. The van der Waals surface area contributed by atoms with Gasteiger partial charge in [-0.05, 0) is 43.7 Å². The highest BCUT2D eigenvalue weighted by Crippen LogP contribution is 2.24. The minimum absolute atomic E-state index is 0.0854. The van der Waals surface area contributed by atoms with Crippen molar-refractivity contribution in [2.45, 2.75) is 61.4 Å². The first-order valence-electron chi connectivity index (χ1n) is 10.8. The van der Waals surface area contributed by atoms with E-state index in [-0.39, 0.29) is 16.4 Å². The van der Waals surface area contributed by atoms with E-state index in [9.17, 15) is 18.0 Å². The normalized spacial score (nSPS) is 12.6. The summed E-state index contributed by atoms with van der Waals surface area (Å²) in [4.78, 5) is 30.5. The highest BCUT2D eigenvalue weighted by Gasteiger charge is 2.20. The number of nitrogens with two attached hydrogens (primary N) is 1. The van der Waals surface area contributed by atoms with Crippen LogP contribution in [0, 0.1) is 0 Å². The van der Waals surface area contributed by atoms with Crippen LogP contribution in [0.15, 0.2) is 63.4 Å². The Labute approximate surface area is 197 Å². The van der Waals surface area contributed by atoms with Gasteiger partial charge in [-0.2, -0.15) is 0 Å². The number of primary sulfonamides is 1. The predicted octanol–water partition coefficient (Wildman–Crippen LogP) is 3.74. The van der Waals surface area contributed by atoms with Crippen LogP contribution in [0.4, 0.5) is 5.69 Å². The molecule has 0 spiro atoms. The number of unbranched alkanes of at least 4 members (excludes halogenated alkanes) is 3. The molecule has 1 heterocycles. The number of amides is 1. The van der Waals surface area contributed by atoms with Crippen LogP contribution in [0.3, 0.4) is 0 Å². The number of carbonyl (C=O) groups is 1. The Morgan fingerprint density at radius 3 is 2.64 bits per heavy atom. The zero-order valence-corrected chi connectivity index (χ0v) is 20.3. The Balaban J connectivity index is 1.83. The van der Waals surface area contributed by atoms with Gasteiger partial charge in [0.25, 0.3) is 5.56 Å². The molecule has 0 saturated heterocycles. The van der Waals surface area contributed by atoms with Crippen molar-refractivity contribution >= 4 is 44.3 Å². The van der Waals surface area contributed by atoms with Gasteiger partial charge in [0.2, 0.25) is 15.9 Å². The Morgan fingerprint density at radius 2 is 1.91 bits per heavy atom. The lowest BCUT2D eigenvalue weighted by Crippen LogP contribution is -2.27. The third-order valence-corrected chi connectivity index (χ3v) is 7.14. The van der Waals surface area contributed by atoms with Crippen molar-refractivity contribution < 1.29 is 13.2 Å². The number of aromatic nitrogens is 2. The predicted molar refractivity (Wildman–Crippen MR) is 132 cm³/mol. The van der Waals surface area contributed by atoms with Crippen LogP contribution in [0.25, 0.3) is 10.9 Å². The number of rotatable bonds is 10. The monoisotopic (exact) mass is 488 g/mol. The maximum Gasteiger partial charge on any atom is 0.262 e. The lowest BCUT2D eigenvalue weighted by molar-refractivity contribution is -0.115. The van der Waals surface area contributed by atoms with E-state index in [1.807, 2.05) is 12.1 Å². The second kappa shape index (κ2) is 11.0. The molecule has 176 valence electrons. The molecule has 8 nitrogen and oxygen atoms in total. The van der Waals surface area contributed by atoms with Crippen LogP contribution >= 0.6 is 11.8 Å². The molecule has 0 aliphatic rings. The van der Waals surface area contributed by atoms with Gasteiger partial charge in [0, 0.05) is 12.2 Å². The molecule has 0 radical (unpaired) electrons. The van der Waals surface area contributed by atoms with E-state index in [0.29, 0.717) is 28.3 Å². The van der Waals surface area contributed by atoms with Crippen molar-refractivity contribution in [3.8, 4) is 0 Å². The molecule has 1 atom stereocenters. The number of nitrogens with one attached hydrogen (secondary N) is 1. The minimum Gasteiger partial charge on any atom is -0.325 e. The maximum absolute atomic E-state index is 13.1. The van der Waals surface area contributed by atoms with Gasteiger partial charge in [-0.25, -0.2) is 18.5 Å². The van der Waals surface area contributed by atoms with E-state index in [1.54, 1.807) is 29.7 Å². The molecule has 33 heavy (non-hydrogen) atoms. The summed E-state index contributed by atoms with van der Waals surface area (Å²) in [5.41, 5.74) is 0.790. The summed E-state index contributed by atoms with van der Waals surface area (Å²) >= 11 is 1.20. The van der Waals surface area contributed by atoms with E-state index in [1.165, 1.54) is 30.0 Å². The molecule has 0 bridgehead atoms. The summed E-state index contributed by atoms with van der Waals surface area (Å²) in [6.07, 6.45) is 4.05. The fraction of sp³-hybridized carbons (Fsp3) is 0.348. The number of para-hydroxylation sites is 1. The average molecular weight is 489 g/mol. The number of thioether (sulfide) groups is 1. The first-order chi connectivity index (χ1) is 15.7. The summed E-state index contributed by atoms with van der Waals surface area (Å²) in [6.45, 7) is 4.38. The largest absolute Gasteiger partial charge is 0.325 e. The summed E-state index contributed by atoms with van der Waals surface area (Å²) in [6, 6.07) is 12.9. The van der Waals surface area contributed by atoms with Crippen LogP contribution in [0.1, 0.15) is 39.5 Å². The second-order valence-corrected chi connectivity index (χ2v) is 10.6. The average Bonchev–Trinajstić information content (AvgIpc) is 2.78. The van der Waals surface area contributed by atoms with Crippen molar-refractivity contribution in [1.82, 2.24) is 9.55 Å². The number of benzene rings is 2. The Bertz CT molecular complexity index is 1310. The highest BCUT2D eigenvalue weighted by atomic mass is 32.2. The number of anilines is 1. The van der Waals surface area contributed by atoms with Gasteiger partial charge in [0.15, 0.2) is 5.16 Å². The summed E-state index contributed by atoms with van der Waals surface area (Å²) in [5.74, 6) is -0.341. The van der Waals surface area contributed by atoms with Crippen LogP contribution in [0.5, 0.6) is 0 Å². The Hall–Kier alpha value is -2.69. The van der Waals surface area contributed by atoms with Crippen LogP contribution in [0.2, 0.25) is 0 Å².